The molecule has 0 aliphatic heterocycles. The average molecular weight is 350 g/mol. The lowest BCUT2D eigenvalue weighted by Crippen LogP contribution is -2.16. The van der Waals surface area contributed by atoms with Gasteiger partial charge in [0.2, 0.25) is 0 Å². The van der Waals surface area contributed by atoms with Gasteiger partial charge in [0.25, 0.3) is 5.91 Å². The Morgan fingerprint density at radius 1 is 1.38 bits per heavy atom. The van der Waals surface area contributed by atoms with Crippen LogP contribution in [0.25, 0.3) is 0 Å². The Bertz CT molecular complexity index is 746. The average Bonchev–Trinajstić information content (AvgIpc) is 3.09. The summed E-state index contributed by atoms with van der Waals surface area (Å²) in [6.07, 6.45) is 1.33. The van der Waals surface area contributed by atoms with Crippen molar-refractivity contribution in [2.75, 3.05) is 12.4 Å². The minimum Gasteiger partial charge on any atom is -0.465 e. The number of nitrogens with zero attached hydrogens (tertiary/aromatic N) is 1. The van der Waals surface area contributed by atoms with Crippen molar-refractivity contribution in [2.45, 2.75) is 40.5 Å². The lowest BCUT2D eigenvalue weighted by molar-refractivity contribution is 0.0601. The maximum atomic E-state index is 12.6. The standard InChI is InChI=1S/C17H22N2O4S/c1-6-12-13(10(4)23-19-12)15(20)18-16-14(17(21)22-5)11(8-24-16)7-9(2)3/h8-9H,6-7H2,1-5H3,(H,18,20). The minimum atomic E-state index is -0.444. The summed E-state index contributed by atoms with van der Waals surface area (Å²) in [5.41, 5.74) is 2.34. The van der Waals surface area contributed by atoms with Crippen molar-refractivity contribution in [1.82, 2.24) is 5.16 Å². The van der Waals surface area contributed by atoms with E-state index < -0.39 is 5.97 Å². The Morgan fingerprint density at radius 3 is 2.67 bits per heavy atom. The highest BCUT2D eigenvalue weighted by Gasteiger charge is 2.25. The van der Waals surface area contributed by atoms with E-state index in [4.69, 9.17) is 9.26 Å². The molecule has 0 aromatic carbocycles. The third kappa shape index (κ3) is 3.67. The number of anilines is 1. The fourth-order valence-electron chi connectivity index (χ4n) is 2.52. The molecule has 0 saturated heterocycles. The predicted octanol–water partition coefficient (Wildman–Crippen LogP) is 3.84. The van der Waals surface area contributed by atoms with Gasteiger partial charge in [-0.05, 0) is 36.6 Å². The van der Waals surface area contributed by atoms with Gasteiger partial charge in [0.1, 0.15) is 16.3 Å². The largest absolute Gasteiger partial charge is 0.465 e. The Morgan fingerprint density at radius 2 is 2.08 bits per heavy atom. The summed E-state index contributed by atoms with van der Waals surface area (Å²) in [5, 5.41) is 9.09. The van der Waals surface area contributed by atoms with Crippen molar-refractivity contribution in [3.05, 3.63) is 33.5 Å². The molecule has 0 aliphatic carbocycles. The molecular weight excluding hydrogens is 328 g/mol. The zero-order valence-corrected chi connectivity index (χ0v) is 15.4. The molecule has 2 aromatic rings. The molecule has 7 heteroatoms. The van der Waals surface area contributed by atoms with Gasteiger partial charge in [-0.25, -0.2) is 4.79 Å². The maximum Gasteiger partial charge on any atom is 0.341 e. The highest BCUT2D eigenvalue weighted by Crippen LogP contribution is 2.31. The van der Waals surface area contributed by atoms with Gasteiger partial charge in [-0.15, -0.1) is 11.3 Å². The van der Waals surface area contributed by atoms with Gasteiger partial charge in [-0.1, -0.05) is 25.9 Å². The van der Waals surface area contributed by atoms with Gasteiger partial charge in [0, 0.05) is 0 Å². The Labute approximate surface area is 145 Å². The minimum absolute atomic E-state index is 0.325. The van der Waals surface area contributed by atoms with E-state index in [0.717, 1.165) is 12.0 Å². The second-order valence-electron chi connectivity index (χ2n) is 5.92. The van der Waals surface area contributed by atoms with Crippen LogP contribution in [0.4, 0.5) is 5.00 Å². The van der Waals surface area contributed by atoms with Crippen molar-refractivity contribution < 1.29 is 18.8 Å². The number of esters is 1. The first-order chi connectivity index (χ1) is 11.4. The van der Waals surface area contributed by atoms with E-state index in [1.165, 1.54) is 18.4 Å². The topological polar surface area (TPSA) is 81.4 Å². The van der Waals surface area contributed by atoms with E-state index in [0.29, 0.717) is 39.9 Å². The van der Waals surface area contributed by atoms with Crippen molar-refractivity contribution in [1.29, 1.82) is 0 Å². The second kappa shape index (κ2) is 7.61. The second-order valence-corrected chi connectivity index (χ2v) is 6.80. The molecule has 2 rings (SSSR count). The lowest BCUT2D eigenvalue weighted by atomic mass is 10.0. The summed E-state index contributed by atoms with van der Waals surface area (Å²) in [5.74, 6) is 0.0788. The summed E-state index contributed by atoms with van der Waals surface area (Å²) in [6, 6.07) is 0. The van der Waals surface area contributed by atoms with Crippen LogP contribution in [0.5, 0.6) is 0 Å². The highest BCUT2D eigenvalue weighted by molar-refractivity contribution is 7.15. The zero-order chi connectivity index (χ0) is 17.9. The third-order valence-corrected chi connectivity index (χ3v) is 4.55. The Balaban J connectivity index is 2.35. The molecule has 0 aliphatic rings. The lowest BCUT2D eigenvalue weighted by Gasteiger charge is -2.09. The molecule has 0 fully saturated rings. The molecule has 0 saturated carbocycles. The van der Waals surface area contributed by atoms with E-state index >= 15 is 0 Å². The molecule has 130 valence electrons. The van der Waals surface area contributed by atoms with Gasteiger partial charge in [0.05, 0.1) is 18.4 Å². The molecule has 0 radical (unpaired) electrons. The van der Waals surface area contributed by atoms with Gasteiger partial charge in [-0.2, -0.15) is 0 Å². The monoisotopic (exact) mass is 350 g/mol. The fraction of sp³-hybridized carbons (Fsp3) is 0.471. The molecule has 1 N–H and O–H groups in total. The van der Waals surface area contributed by atoms with Crippen LogP contribution in [0.3, 0.4) is 0 Å². The van der Waals surface area contributed by atoms with Crippen molar-refractivity contribution in [3.63, 3.8) is 0 Å². The molecule has 6 nitrogen and oxygen atoms in total. The highest BCUT2D eigenvalue weighted by atomic mass is 32.1. The number of carbonyl (C=O) groups is 2. The SMILES string of the molecule is CCc1noc(C)c1C(=O)Nc1scc(CC(C)C)c1C(=O)OC. The summed E-state index contributed by atoms with van der Waals surface area (Å²) < 4.78 is 9.99. The van der Waals surface area contributed by atoms with E-state index in [-0.39, 0.29) is 5.91 Å². The van der Waals surface area contributed by atoms with Crippen molar-refractivity contribution >= 4 is 28.2 Å². The molecular formula is C17H22N2O4S. The van der Waals surface area contributed by atoms with Gasteiger partial charge >= 0.3 is 5.97 Å². The van der Waals surface area contributed by atoms with Crippen molar-refractivity contribution in [3.8, 4) is 0 Å². The van der Waals surface area contributed by atoms with Gasteiger partial charge < -0.3 is 14.6 Å². The third-order valence-electron chi connectivity index (χ3n) is 3.61. The number of nitrogens with one attached hydrogen (secondary N) is 1. The predicted molar refractivity (Wildman–Crippen MR) is 92.8 cm³/mol. The molecule has 0 atom stereocenters. The van der Waals surface area contributed by atoms with Crippen LogP contribution in [0, 0.1) is 12.8 Å². The van der Waals surface area contributed by atoms with Crippen LogP contribution in [0.2, 0.25) is 0 Å². The molecule has 1 amide bonds. The van der Waals surface area contributed by atoms with Crippen LogP contribution in [-0.2, 0) is 17.6 Å². The number of carbonyl (C=O) groups excluding carboxylic acids is 2. The number of aromatic nitrogens is 1. The van der Waals surface area contributed by atoms with E-state index in [1.807, 2.05) is 12.3 Å². The van der Waals surface area contributed by atoms with E-state index in [9.17, 15) is 9.59 Å². The molecule has 2 heterocycles. The molecule has 24 heavy (non-hydrogen) atoms. The van der Waals surface area contributed by atoms with Crippen LogP contribution in [-0.4, -0.2) is 24.1 Å². The quantitative estimate of drug-likeness (QED) is 0.800. The number of thiophene rings is 1. The van der Waals surface area contributed by atoms with Crippen LogP contribution in [0.15, 0.2) is 9.90 Å². The summed E-state index contributed by atoms with van der Waals surface area (Å²) in [4.78, 5) is 24.8. The Kier molecular flexibility index (Phi) is 5.77. The number of amides is 1. The first-order valence-electron chi connectivity index (χ1n) is 7.84. The smallest absolute Gasteiger partial charge is 0.341 e. The van der Waals surface area contributed by atoms with Crippen LogP contribution >= 0.6 is 11.3 Å². The Hall–Kier alpha value is -2.15. The number of hydrogen-bond donors (Lipinski definition) is 1. The van der Waals surface area contributed by atoms with Crippen LogP contribution < -0.4 is 5.32 Å². The molecule has 2 aromatic heterocycles. The number of aryl methyl sites for hydroxylation is 2. The number of hydrogen-bond acceptors (Lipinski definition) is 6. The zero-order valence-electron chi connectivity index (χ0n) is 14.6. The first kappa shape index (κ1) is 18.2. The summed E-state index contributed by atoms with van der Waals surface area (Å²) in [6.45, 7) is 7.75. The summed E-state index contributed by atoms with van der Waals surface area (Å²) in [7, 11) is 1.34. The van der Waals surface area contributed by atoms with Gasteiger partial charge in [-0.3, -0.25) is 4.79 Å². The fourth-order valence-corrected chi connectivity index (χ4v) is 3.48. The molecule has 0 bridgehead atoms. The maximum absolute atomic E-state index is 12.6. The first-order valence-corrected chi connectivity index (χ1v) is 8.72. The van der Waals surface area contributed by atoms with Crippen LogP contribution in [0.1, 0.15) is 58.5 Å². The molecule has 0 unspecified atom stereocenters. The number of methoxy groups -OCH3 is 1. The number of ether oxygens (including phenoxy) is 1. The number of rotatable bonds is 6. The van der Waals surface area contributed by atoms with E-state index in [1.54, 1.807) is 6.92 Å². The van der Waals surface area contributed by atoms with Gasteiger partial charge in [0.15, 0.2) is 0 Å². The molecule has 0 spiro atoms. The summed E-state index contributed by atoms with van der Waals surface area (Å²) >= 11 is 1.32. The van der Waals surface area contributed by atoms with E-state index in [2.05, 4.69) is 24.3 Å². The normalized spacial score (nSPS) is 10.9. The van der Waals surface area contributed by atoms with Crippen molar-refractivity contribution in [2.24, 2.45) is 5.92 Å².